The Kier molecular flexibility index (Phi) is 18.9. The monoisotopic (exact) mass is 725 g/mol. The molecule has 0 saturated heterocycles. The fraction of sp³-hybridized carbons (Fsp3) is 0.594. The molecule has 6 atom stereocenters. The third-order valence-corrected chi connectivity index (χ3v) is 8.09. The van der Waals surface area contributed by atoms with E-state index in [0.29, 0.717) is 11.3 Å². The molecule has 0 aliphatic heterocycles. The first-order valence-corrected chi connectivity index (χ1v) is 17.5. The van der Waals surface area contributed by atoms with Crippen molar-refractivity contribution in [2.45, 2.75) is 89.6 Å². The number of thioether (sulfide) groups is 1. The Hall–Kier alpha value is -4.42. The number of aliphatic hydroxyl groups excluding tert-OH is 1. The van der Waals surface area contributed by atoms with Crippen LogP contribution in [-0.2, 0) is 40.0 Å². The molecule has 0 fully saturated rings. The lowest BCUT2D eigenvalue weighted by Crippen LogP contribution is -2.60. The smallest absolute Gasteiger partial charge is 0.326 e. The molecule has 6 amide bonds. The van der Waals surface area contributed by atoms with E-state index < -0.39 is 90.7 Å². The molecule has 1 rings (SSSR count). The highest BCUT2D eigenvalue weighted by atomic mass is 32.2. The van der Waals surface area contributed by atoms with Gasteiger partial charge in [0, 0.05) is 6.42 Å². The number of aromatic hydroxyl groups is 1. The van der Waals surface area contributed by atoms with Gasteiger partial charge in [-0.05, 0) is 54.4 Å². The largest absolute Gasteiger partial charge is 0.508 e. The van der Waals surface area contributed by atoms with Crippen molar-refractivity contribution in [1.82, 2.24) is 26.6 Å². The van der Waals surface area contributed by atoms with E-state index >= 15 is 0 Å². The minimum atomic E-state index is -1.65. The van der Waals surface area contributed by atoms with Gasteiger partial charge in [0.25, 0.3) is 0 Å². The average molecular weight is 726 g/mol. The van der Waals surface area contributed by atoms with Crippen LogP contribution in [0.4, 0.5) is 0 Å². The molecule has 50 heavy (non-hydrogen) atoms. The van der Waals surface area contributed by atoms with Gasteiger partial charge in [-0.2, -0.15) is 11.8 Å². The summed E-state index contributed by atoms with van der Waals surface area (Å²) in [6, 6.07) is -2.20. The van der Waals surface area contributed by atoms with Crippen LogP contribution in [0.15, 0.2) is 24.3 Å². The Labute approximate surface area is 295 Å². The van der Waals surface area contributed by atoms with E-state index in [2.05, 4.69) is 26.6 Å². The highest BCUT2D eigenvalue weighted by Gasteiger charge is 2.33. The van der Waals surface area contributed by atoms with E-state index in [4.69, 9.17) is 11.5 Å². The third-order valence-electron chi connectivity index (χ3n) is 7.45. The summed E-state index contributed by atoms with van der Waals surface area (Å²) in [7, 11) is 0. The molecular weight excluding hydrogens is 674 g/mol. The second-order valence-corrected chi connectivity index (χ2v) is 13.5. The summed E-state index contributed by atoms with van der Waals surface area (Å²) in [6.07, 6.45) is 1.18. The molecule has 0 radical (unpaired) electrons. The maximum absolute atomic E-state index is 13.7. The number of hydrogen-bond acceptors (Lipinski definition) is 11. The minimum Gasteiger partial charge on any atom is -0.508 e. The van der Waals surface area contributed by atoms with E-state index in [0.717, 1.165) is 0 Å². The zero-order valence-electron chi connectivity index (χ0n) is 28.9. The SMILES string of the molecule is CSCCC(NC(=O)C(N)C(C)C)C(=O)NC(CO)C(=O)NC(Cc1ccc(O)cc1)C(=O)NC(CC(C)C)C(=O)NC(CC(N)=O)C(=O)O. The number of nitrogens with one attached hydrogen (secondary N) is 5. The predicted octanol–water partition coefficient (Wildman–Crippen LogP) is -1.91. The van der Waals surface area contributed by atoms with Crippen molar-refractivity contribution in [3.63, 3.8) is 0 Å². The summed E-state index contributed by atoms with van der Waals surface area (Å²) < 4.78 is 0. The number of carboxylic acid groups (broad SMARTS) is 1. The van der Waals surface area contributed by atoms with Gasteiger partial charge >= 0.3 is 5.97 Å². The molecule has 0 aliphatic carbocycles. The number of rotatable bonds is 22. The van der Waals surface area contributed by atoms with Crippen LogP contribution in [0.3, 0.4) is 0 Å². The van der Waals surface area contributed by atoms with Crippen molar-refractivity contribution >= 4 is 53.2 Å². The number of carboxylic acids is 1. The number of aliphatic hydroxyl groups is 1. The number of phenolic OH excluding ortho intramolecular Hbond substituents is 1. The average Bonchev–Trinajstić information content (AvgIpc) is 3.04. The lowest BCUT2D eigenvalue weighted by atomic mass is 10.00. The molecule has 0 spiro atoms. The van der Waals surface area contributed by atoms with Crippen LogP contribution in [0.5, 0.6) is 5.75 Å². The molecule has 18 heteroatoms. The van der Waals surface area contributed by atoms with E-state index in [1.54, 1.807) is 34.0 Å². The second-order valence-electron chi connectivity index (χ2n) is 12.5. The van der Waals surface area contributed by atoms with Gasteiger partial charge < -0.3 is 53.4 Å². The quantitative estimate of drug-likeness (QED) is 0.0627. The number of carbonyl (C=O) groups excluding carboxylic acids is 6. The molecule has 280 valence electrons. The summed E-state index contributed by atoms with van der Waals surface area (Å²) in [6.45, 7) is 6.10. The van der Waals surface area contributed by atoms with E-state index in [9.17, 15) is 48.9 Å². The van der Waals surface area contributed by atoms with Gasteiger partial charge in [0.05, 0.1) is 19.1 Å². The zero-order chi connectivity index (χ0) is 38.1. The summed E-state index contributed by atoms with van der Waals surface area (Å²) in [5, 5.41) is 41.4. The Morgan fingerprint density at radius 3 is 1.72 bits per heavy atom. The number of carbonyl (C=O) groups is 7. The molecule has 12 N–H and O–H groups in total. The van der Waals surface area contributed by atoms with E-state index in [1.807, 2.05) is 0 Å². The fourth-order valence-electron chi connectivity index (χ4n) is 4.54. The third kappa shape index (κ3) is 15.4. The first-order valence-electron chi connectivity index (χ1n) is 16.1. The van der Waals surface area contributed by atoms with Crippen molar-refractivity contribution in [2.24, 2.45) is 23.3 Å². The summed E-state index contributed by atoms with van der Waals surface area (Å²) >= 11 is 1.42. The Morgan fingerprint density at radius 1 is 0.740 bits per heavy atom. The standard InChI is InChI=1S/C32H51N7O10S/c1-16(2)12-21(28(44)38-23(32(48)49)14-25(33)42)36-29(45)22(13-18-6-8-19(41)9-7-18)37-30(46)24(15-40)39-27(43)20(10-11-50-5)35-31(47)26(34)17(3)4/h6-9,16-17,20-24,26,40-41H,10-15,34H2,1-5H3,(H2,33,42)(H,35,47)(H,36,45)(H,37,46)(H,38,44)(H,39,43)(H,48,49). The molecule has 0 aromatic heterocycles. The van der Waals surface area contributed by atoms with Crippen molar-refractivity contribution in [3.05, 3.63) is 29.8 Å². The topological polar surface area (TPSA) is 292 Å². The highest BCUT2D eigenvalue weighted by Crippen LogP contribution is 2.13. The van der Waals surface area contributed by atoms with E-state index in [1.165, 1.54) is 36.0 Å². The van der Waals surface area contributed by atoms with Crippen LogP contribution < -0.4 is 38.1 Å². The Morgan fingerprint density at radius 2 is 1.22 bits per heavy atom. The summed E-state index contributed by atoms with van der Waals surface area (Å²) in [5.41, 5.74) is 11.5. The molecule has 6 unspecified atom stereocenters. The zero-order valence-corrected chi connectivity index (χ0v) is 29.7. The highest BCUT2D eigenvalue weighted by molar-refractivity contribution is 7.98. The lowest BCUT2D eigenvalue weighted by molar-refractivity contribution is -0.144. The van der Waals surface area contributed by atoms with Gasteiger partial charge in [0.15, 0.2) is 0 Å². The summed E-state index contributed by atoms with van der Waals surface area (Å²) in [4.78, 5) is 89.1. The molecule has 17 nitrogen and oxygen atoms in total. The number of nitrogens with two attached hydrogens (primary N) is 2. The first kappa shape index (κ1) is 43.6. The molecule has 1 aromatic rings. The summed E-state index contributed by atoms with van der Waals surface area (Å²) in [5.74, 6) is -6.55. The normalized spacial score (nSPS) is 14.7. The van der Waals surface area contributed by atoms with Gasteiger partial charge in [-0.3, -0.25) is 28.8 Å². The number of primary amides is 1. The van der Waals surface area contributed by atoms with Crippen LogP contribution in [0.2, 0.25) is 0 Å². The molecule has 0 saturated carbocycles. The first-order chi connectivity index (χ1) is 23.4. The molecule has 0 heterocycles. The number of benzene rings is 1. The lowest BCUT2D eigenvalue weighted by Gasteiger charge is -2.27. The number of aliphatic carboxylic acids is 1. The maximum atomic E-state index is 13.7. The molecular formula is C32H51N7O10S. The van der Waals surface area contributed by atoms with Crippen molar-refractivity contribution in [1.29, 1.82) is 0 Å². The van der Waals surface area contributed by atoms with Crippen LogP contribution in [-0.4, -0.2) is 112 Å². The maximum Gasteiger partial charge on any atom is 0.326 e. The van der Waals surface area contributed by atoms with Gasteiger partial charge in [-0.15, -0.1) is 0 Å². The van der Waals surface area contributed by atoms with Crippen molar-refractivity contribution in [3.8, 4) is 5.75 Å². The Bertz CT molecular complexity index is 1330. The molecule has 0 aliphatic rings. The van der Waals surface area contributed by atoms with Crippen molar-refractivity contribution in [2.75, 3.05) is 18.6 Å². The van der Waals surface area contributed by atoms with Gasteiger partial charge in [-0.25, -0.2) is 4.79 Å². The van der Waals surface area contributed by atoms with Gasteiger partial charge in [-0.1, -0.05) is 39.8 Å². The predicted molar refractivity (Wildman–Crippen MR) is 185 cm³/mol. The molecule has 1 aromatic carbocycles. The van der Waals surface area contributed by atoms with Gasteiger partial charge in [0.2, 0.25) is 35.4 Å². The van der Waals surface area contributed by atoms with Gasteiger partial charge in [0.1, 0.15) is 36.0 Å². The molecule has 0 bridgehead atoms. The van der Waals surface area contributed by atoms with Crippen LogP contribution >= 0.6 is 11.8 Å². The van der Waals surface area contributed by atoms with Crippen LogP contribution in [0.25, 0.3) is 0 Å². The van der Waals surface area contributed by atoms with Crippen LogP contribution in [0, 0.1) is 11.8 Å². The fourth-order valence-corrected chi connectivity index (χ4v) is 5.01. The number of phenols is 1. The number of hydrogen-bond donors (Lipinski definition) is 10. The Balaban J connectivity index is 3.30. The minimum absolute atomic E-state index is 0.0410. The number of amides is 6. The van der Waals surface area contributed by atoms with E-state index in [-0.39, 0.29) is 36.8 Å². The van der Waals surface area contributed by atoms with Crippen LogP contribution in [0.1, 0.15) is 52.5 Å². The van der Waals surface area contributed by atoms with Crippen molar-refractivity contribution < 1.29 is 48.9 Å². The second kappa shape index (κ2) is 21.6.